The van der Waals surface area contributed by atoms with E-state index in [0.29, 0.717) is 18.0 Å². The van der Waals surface area contributed by atoms with Crippen molar-refractivity contribution < 1.29 is 9.66 Å². The van der Waals surface area contributed by atoms with Crippen LogP contribution in [-0.4, -0.2) is 43.1 Å². The molecule has 6 heteroatoms. The molecule has 0 aromatic heterocycles. The Balaban J connectivity index is 1.91. The second-order valence-electron chi connectivity index (χ2n) is 5.59. The molecule has 0 unspecified atom stereocenters. The minimum atomic E-state index is -0.371. The lowest BCUT2D eigenvalue weighted by Crippen LogP contribution is -2.36. The molecule has 6 nitrogen and oxygen atoms in total. The molecule has 1 aromatic rings. The Morgan fingerprint density at radius 2 is 2.14 bits per heavy atom. The zero-order chi connectivity index (χ0) is 15.2. The first-order valence-corrected chi connectivity index (χ1v) is 7.39. The molecule has 1 aliphatic rings. The summed E-state index contributed by atoms with van der Waals surface area (Å²) in [5, 5.41) is 14.2. The normalized spacial score (nSPS) is 16.7. The van der Waals surface area contributed by atoms with E-state index in [1.54, 1.807) is 19.2 Å². The van der Waals surface area contributed by atoms with E-state index in [1.807, 2.05) is 0 Å². The molecule has 0 bridgehead atoms. The van der Waals surface area contributed by atoms with Crippen LogP contribution < -0.4 is 10.1 Å². The molecule has 0 atom stereocenters. The van der Waals surface area contributed by atoms with Crippen molar-refractivity contribution in [3.05, 3.63) is 28.3 Å². The summed E-state index contributed by atoms with van der Waals surface area (Å²) < 4.78 is 5.12. The van der Waals surface area contributed by atoms with Gasteiger partial charge in [0.15, 0.2) is 0 Å². The first-order valence-electron chi connectivity index (χ1n) is 7.39. The molecule has 0 radical (unpaired) electrons. The maximum atomic E-state index is 11.0. The highest BCUT2D eigenvalue weighted by molar-refractivity contribution is 5.64. The fraction of sp³-hybridized carbons (Fsp3) is 0.600. The number of anilines is 1. The van der Waals surface area contributed by atoms with Gasteiger partial charge in [0.2, 0.25) is 0 Å². The second kappa shape index (κ2) is 7.26. The molecule has 1 fully saturated rings. The predicted molar refractivity (Wildman–Crippen MR) is 83.0 cm³/mol. The summed E-state index contributed by atoms with van der Waals surface area (Å²) in [5.74, 6) is 1.43. The van der Waals surface area contributed by atoms with Gasteiger partial charge < -0.3 is 15.0 Å². The Morgan fingerprint density at radius 1 is 1.43 bits per heavy atom. The Labute approximate surface area is 125 Å². The van der Waals surface area contributed by atoms with Crippen molar-refractivity contribution in [3.8, 4) is 5.75 Å². The van der Waals surface area contributed by atoms with E-state index >= 15 is 0 Å². The molecule has 1 aliphatic heterocycles. The van der Waals surface area contributed by atoms with Crippen molar-refractivity contribution >= 4 is 11.4 Å². The maximum absolute atomic E-state index is 11.0. The molecule has 1 saturated heterocycles. The standard InChI is InChI=1S/C15H23N3O3/c1-12-5-8-17(9-6-12)10-7-16-14-11-13(21-2)3-4-15(14)18(19)20/h3-4,11-12,16H,5-10H2,1-2H3. The summed E-state index contributed by atoms with van der Waals surface area (Å²) in [7, 11) is 1.56. The van der Waals surface area contributed by atoms with Gasteiger partial charge in [-0.2, -0.15) is 0 Å². The fourth-order valence-corrected chi connectivity index (χ4v) is 2.58. The van der Waals surface area contributed by atoms with Crippen molar-refractivity contribution in [1.82, 2.24) is 4.90 Å². The van der Waals surface area contributed by atoms with Gasteiger partial charge in [-0.3, -0.25) is 10.1 Å². The average molecular weight is 293 g/mol. The lowest BCUT2D eigenvalue weighted by atomic mass is 9.99. The van der Waals surface area contributed by atoms with Crippen LogP contribution in [0.1, 0.15) is 19.8 Å². The van der Waals surface area contributed by atoms with Gasteiger partial charge in [-0.25, -0.2) is 0 Å². The van der Waals surface area contributed by atoms with Crippen molar-refractivity contribution in [2.45, 2.75) is 19.8 Å². The third-order valence-electron chi connectivity index (χ3n) is 4.02. The number of rotatable bonds is 6. The van der Waals surface area contributed by atoms with E-state index in [1.165, 1.54) is 18.9 Å². The maximum Gasteiger partial charge on any atom is 0.292 e. The lowest BCUT2D eigenvalue weighted by molar-refractivity contribution is -0.384. The lowest BCUT2D eigenvalue weighted by Gasteiger charge is -2.30. The van der Waals surface area contributed by atoms with E-state index in [-0.39, 0.29) is 10.6 Å². The van der Waals surface area contributed by atoms with Crippen LogP contribution in [0, 0.1) is 16.0 Å². The molecule has 1 aromatic carbocycles. The molecular weight excluding hydrogens is 270 g/mol. The average Bonchev–Trinajstić information content (AvgIpc) is 2.49. The van der Waals surface area contributed by atoms with Gasteiger partial charge in [0.05, 0.1) is 12.0 Å². The Bertz CT molecular complexity index is 485. The minimum Gasteiger partial charge on any atom is -0.497 e. The van der Waals surface area contributed by atoms with Crippen LogP contribution in [0.2, 0.25) is 0 Å². The van der Waals surface area contributed by atoms with Gasteiger partial charge in [-0.1, -0.05) is 6.92 Å². The topological polar surface area (TPSA) is 67.6 Å². The zero-order valence-electron chi connectivity index (χ0n) is 12.7. The van der Waals surface area contributed by atoms with Gasteiger partial charge in [0.1, 0.15) is 11.4 Å². The van der Waals surface area contributed by atoms with Crippen LogP contribution >= 0.6 is 0 Å². The SMILES string of the molecule is COc1ccc([N+](=O)[O-])c(NCCN2CCC(C)CC2)c1. The van der Waals surface area contributed by atoms with Crippen molar-refractivity contribution in [2.75, 3.05) is 38.6 Å². The number of methoxy groups -OCH3 is 1. The van der Waals surface area contributed by atoms with Crippen molar-refractivity contribution in [2.24, 2.45) is 5.92 Å². The number of benzene rings is 1. The predicted octanol–water partition coefficient (Wildman–Crippen LogP) is 2.75. The van der Waals surface area contributed by atoms with Gasteiger partial charge >= 0.3 is 0 Å². The van der Waals surface area contributed by atoms with E-state index in [4.69, 9.17) is 4.74 Å². The van der Waals surface area contributed by atoms with Crippen LogP contribution in [-0.2, 0) is 0 Å². The Morgan fingerprint density at radius 3 is 2.76 bits per heavy atom. The highest BCUT2D eigenvalue weighted by atomic mass is 16.6. The number of hydrogen-bond donors (Lipinski definition) is 1. The van der Waals surface area contributed by atoms with E-state index in [2.05, 4.69) is 17.1 Å². The Hall–Kier alpha value is -1.82. The number of piperidine rings is 1. The summed E-state index contributed by atoms with van der Waals surface area (Å²) in [4.78, 5) is 13.1. The molecule has 116 valence electrons. The number of likely N-dealkylation sites (tertiary alicyclic amines) is 1. The number of hydrogen-bond acceptors (Lipinski definition) is 5. The molecule has 0 spiro atoms. The Kier molecular flexibility index (Phi) is 5.38. The highest BCUT2D eigenvalue weighted by Gasteiger charge is 2.17. The molecule has 0 saturated carbocycles. The fourth-order valence-electron chi connectivity index (χ4n) is 2.58. The minimum absolute atomic E-state index is 0.0862. The summed E-state index contributed by atoms with van der Waals surface area (Å²) in [6, 6.07) is 4.76. The first kappa shape index (κ1) is 15.6. The van der Waals surface area contributed by atoms with Crippen LogP contribution in [0.5, 0.6) is 5.75 Å². The van der Waals surface area contributed by atoms with Crippen molar-refractivity contribution in [1.29, 1.82) is 0 Å². The monoisotopic (exact) mass is 293 g/mol. The van der Waals surface area contributed by atoms with Crippen LogP contribution in [0.4, 0.5) is 11.4 Å². The van der Waals surface area contributed by atoms with Gasteiger partial charge in [-0.15, -0.1) is 0 Å². The zero-order valence-corrected chi connectivity index (χ0v) is 12.7. The number of nitrogens with one attached hydrogen (secondary N) is 1. The molecule has 2 rings (SSSR count). The molecule has 0 aliphatic carbocycles. The summed E-state index contributed by atoms with van der Waals surface area (Å²) in [5.41, 5.74) is 0.604. The summed E-state index contributed by atoms with van der Waals surface area (Å²) in [6.07, 6.45) is 2.47. The molecular formula is C15H23N3O3. The third kappa shape index (κ3) is 4.32. The third-order valence-corrected chi connectivity index (χ3v) is 4.02. The highest BCUT2D eigenvalue weighted by Crippen LogP contribution is 2.28. The van der Waals surface area contributed by atoms with Gasteiger partial charge in [-0.05, 0) is 37.9 Å². The quantitative estimate of drug-likeness (QED) is 0.645. The molecule has 1 heterocycles. The van der Waals surface area contributed by atoms with E-state index < -0.39 is 0 Å². The van der Waals surface area contributed by atoms with Crippen LogP contribution in [0.3, 0.4) is 0 Å². The largest absolute Gasteiger partial charge is 0.497 e. The number of nitrogens with zero attached hydrogens (tertiary/aromatic N) is 2. The molecule has 21 heavy (non-hydrogen) atoms. The number of nitro benzene ring substituents is 1. The first-order chi connectivity index (χ1) is 10.1. The number of nitro groups is 1. The van der Waals surface area contributed by atoms with E-state index in [0.717, 1.165) is 25.6 Å². The second-order valence-corrected chi connectivity index (χ2v) is 5.59. The summed E-state index contributed by atoms with van der Waals surface area (Å²) in [6.45, 7) is 6.12. The van der Waals surface area contributed by atoms with Gasteiger partial charge in [0.25, 0.3) is 5.69 Å². The van der Waals surface area contributed by atoms with Crippen molar-refractivity contribution in [3.63, 3.8) is 0 Å². The molecule has 0 amide bonds. The van der Waals surface area contributed by atoms with Gasteiger partial charge in [0, 0.05) is 25.2 Å². The number of ether oxygens (including phenoxy) is 1. The van der Waals surface area contributed by atoms with Crippen LogP contribution in [0.15, 0.2) is 18.2 Å². The summed E-state index contributed by atoms with van der Waals surface area (Å²) >= 11 is 0. The van der Waals surface area contributed by atoms with E-state index in [9.17, 15) is 10.1 Å². The molecule has 1 N–H and O–H groups in total. The van der Waals surface area contributed by atoms with Crippen LogP contribution in [0.25, 0.3) is 0 Å². The smallest absolute Gasteiger partial charge is 0.292 e.